The molecular weight excluding hydrogens is 328 g/mol. The number of aliphatic carboxylic acids is 1. The maximum absolute atomic E-state index is 10.5. The highest BCUT2D eigenvalue weighted by Gasteiger charge is 2.39. The van der Waals surface area contributed by atoms with Gasteiger partial charge in [-0.05, 0) is 43.9 Å². The van der Waals surface area contributed by atoms with E-state index in [0.29, 0.717) is 18.8 Å². The van der Waals surface area contributed by atoms with Crippen molar-refractivity contribution in [3.05, 3.63) is 24.3 Å². The van der Waals surface area contributed by atoms with Gasteiger partial charge in [-0.25, -0.2) is 0 Å². The normalized spacial score (nSPS) is 27.5. The Balaban J connectivity index is 2.42. The first-order chi connectivity index (χ1) is 12.5. The number of carboxylic acid groups (broad SMARTS) is 1. The Kier molecular flexibility index (Phi) is 11.5. The molecule has 1 saturated carbocycles. The fourth-order valence-corrected chi connectivity index (χ4v) is 3.75. The van der Waals surface area contributed by atoms with Crippen molar-refractivity contribution in [2.45, 2.75) is 90.3 Å². The van der Waals surface area contributed by atoms with Crippen LogP contribution in [0, 0.1) is 17.8 Å². The summed E-state index contributed by atoms with van der Waals surface area (Å²) < 4.78 is 0. The van der Waals surface area contributed by atoms with Gasteiger partial charge < -0.3 is 15.3 Å². The van der Waals surface area contributed by atoms with Gasteiger partial charge >= 0.3 is 5.97 Å². The van der Waals surface area contributed by atoms with Gasteiger partial charge in [0.2, 0.25) is 0 Å². The molecule has 0 spiro atoms. The van der Waals surface area contributed by atoms with Gasteiger partial charge in [0.05, 0.1) is 12.2 Å². The van der Waals surface area contributed by atoms with Gasteiger partial charge in [-0.2, -0.15) is 0 Å². The number of allylic oxidation sites excluding steroid dienone is 3. The number of aliphatic hydroxyl groups is 2. The molecule has 0 bridgehead atoms. The maximum atomic E-state index is 10.5. The lowest BCUT2D eigenvalue weighted by molar-refractivity contribution is -0.137. The molecule has 0 aliphatic heterocycles. The third-order valence-corrected chi connectivity index (χ3v) is 5.43. The molecule has 0 amide bonds. The molecule has 3 N–H and O–H groups in total. The van der Waals surface area contributed by atoms with Crippen molar-refractivity contribution in [1.82, 2.24) is 0 Å². The summed E-state index contributed by atoms with van der Waals surface area (Å²) in [4.78, 5) is 10.5. The molecule has 1 fully saturated rings. The molecule has 0 saturated heterocycles. The van der Waals surface area contributed by atoms with E-state index in [9.17, 15) is 15.0 Å². The molecule has 4 nitrogen and oxygen atoms in total. The lowest BCUT2D eigenvalue weighted by atomic mass is 9.88. The zero-order valence-corrected chi connectivity index (χ0v) is 16.5. The number of carbonyl (C=O) groups is 1. The van der Waals surface area contributed by atoms with Gasteiger partial charge in [-0.15, -0.1) is 0 Å². The molecule has 1 aliphatic rings. The molecule has 150 valence electrons. The summed E-state index contributed by atoms with van der Waals surface area (Å²) in [5, 5.41) is 29.2. The van der Waals surface area contributed by atoms with E-state index in [1.54, 1.807) is 0 Å². The zero-order valence-electron chi connectivity index (χ0n) is 16.5. The summed E-state index contributed by atoms with van der Waals surface area (Å²) in [6, 6.07) is 0. The van der Waals surface area contributed by atoms with Crippen LogP contribution in [0.25, 0.3) is 0 Å². The first-order valence-electron chi connectivity index (χ1n) is 10.4. The van der Waals surface area contributed by atoms with Gasteiger partial charge in [-0.1, -0.05) is 57.4 Å². The molecule has 0 heterocycles. The molecule has 0 unspecified atom stereocenters. The van der Waals surface area contributed by atoms with Crippen LogP contribution in [-0.4, -0.2) is 33.5 Å². The average molecular weight is 367 g/mol. The smallest absolute Gasteiger partial charge is 0.303 e. The highest BCUT2D eigenvalue weighted by Crippen LogP contribution is 2.36. The van der Waals surface area contributed by atoms with Gasteiger partial charge in [-0.3, -0.25) is 4.79 Å². The Morgan fingerprint density at radius 1 is 1.12 bits per heavy atom. The summed E-state index contributed by atoms with van der Waals surface area (Å²) in [7, 11) is 0. The van der Waals surface area contributed by atoms with Gasteiger partial charge in [0.1, 0.15) is 0 Å². The molecular formula is C22H38O4. The van der Waals surface area contributed by atoms with Crippen molar-refractivity contribution in [2.75, 3.05) is 0 Å². The average Bonchev–Trinajstić information content (AvgIpc) is 2.85. The minimum absolute atomic E-state index is 0.0234. The minimum atomic E-state index is -0.740. The van der Waals surface area contributed by atoms with Crippen LogP contribution in [0.15, 0.2) is 24.3 Å². The monoisotopic (exact) mass is 366 g/mol. The molecule has 4 heteroatoms. The predicted octanol–water partition coefficient (Wildman–Crippen LogP) is 4.71. The second-order valence-electron chi connectivity index (χ2n) is 7.82. The Morgan fingerprint density at radius 2 is 1.88 bits per heavy atom. The van der Waals surface area contributed by atoms with Crippen LogP contribution >= 0.6 is 0 Å². The van der Waals surface area contributed by atoms with Crippen molar-refractivity contribution in [3.8, 4) is 0 Å². The first kappa shape index (κ1) is 22.9. The Hall–Kier alpha value is -1.13. The number of hydrogen-bond donors (Lipinski definition) is 3. The number of carboxylic acids is 1. The van der Waals surface area contributed by atoms with Crippen LogP contribution in [0.3, 0.4) is 0 Å². The first-order valence-corrected chi connectivity index (χ1v) is 10.4. The maximum Gasteiger partial charge on any atom is 0.303 e. The lowest BCUT2D eigenvalue weighted by Gasteiger charge is -2.19. The number of rotatable bonds is 13. The highest BCUT2D eigenvalue weighted by atomic mass is 16.4. The second kappa shape index (κ2) is 13.1. The fourth-order valence-electron chi connectivity index (χ4n) is 3.75. The topological polar surface area (TPSA) is 77.8 Å². The number of aliphatic hydroxyl groups excluding tert-OH is 2. The van der Waals surface area contributed by atoms with Crippen LogP contribution in [0.2, 0.25) is 0 Å². The Labute approximate surface area is 159 Å². The third kappa shape index (κ3) is 9.00. The van der Waals surface area contributed by atoms with Crippen LogP contribution in [0.4, 0.5) is 0 Å². The van der Waals surface area contributed by atoms with Crippen molar-refractivity contribution < 1.29 is 20.1 Å². The van der Waals surface area contributed by atoms with Crippen LogP contribution < -0.4 is 0 Å². The van der Waals surface area contributed by atoms with Crippen LogP contribution in [0.1, 0.15) is 78.1 Å². The summed E-state index contributed by atoms with van der Waals surface area (Å²) in [5.41, 5.74) is 0. The van der Waals surface area contributed by atoms with Crippen molar-refractivity contribution in [1.29, 1.82) is 0 Å². The number of hydrogen-bond acceptors (Lipinski definition) is 3. The van der Waals surface area contributed by atoms with Crippen molar-refractivity contribution >= 4 is 5.97 Å². The Bertz CT molecular complexity index is 443. The molecule has 0 aromatic carbocycles. The molecule has 0 aromatic heterocycles. The summed E-state index contributed by atoms with van der Waals surface area (Å²) >= 11 is 0. The molecule has 0 aromatic rings. The van der Waals surface area contributed by atoms with E-state index in [-0.39, 0.29) is 18.3 Å². The summed E-state index contributed by atoms with van der Waals surface area (Å²) in [5.74, 6) is -0.137. The van der Waals surface area contributed by atoms with Gasteiger partial charge in [0, 0.05) is 18.8 Å². The summed E-state index contributed by atoms with van der Waals surface area (Å²) in [6.45, 7) is 4.43. The van der Waals surface area contributed by atoms with Crippen LogP contribution in [-0.2, 0) is 4.79 Å². The third-order valence-electron chi connectivity index (χ3n) is 5.43. The van der Waals surface area contributed by atoms with Gasteiger partial charge in [0.15, 0.2) is 0 Å². The van der Waals surface area contributed by atoms with Crippen LogP contribution in [0.5, 0.6) is 0 Å². The van der Waals surface area contributed by atoms with Crippen molar-refractivity contribution in [2.24, 2.45) is 17.8 Å². The quantitative estimate of drug-likeness (QED) is 0.326. The van der Waals surface area contributed by atoms with E-state index in [1.807, 2.05) is 0 Å². The van der Waals surface area contributed by atoms with E-state index in [1.165, 1.54) is 25.7 Å². The zero-order chi connectivity index (χ0) is 19.4. The number of unbranched alkanes of at least 4 members (excludes halogenated alkanes) is 4. The van der Waals surface area contributed by atoms with E-state index in [2.05, 4.69) is 38.2 Å². The van der Waals surface area contributed by atoms with Crippen molar-refractivity contribution in [3.63, 3.8) is 0 Å². The molecule has 5 atom stereocenters. The fraction of sp³-hybridized carbons (Fsp3) is 0.773. The SMILES string of the molecule is CCCCC[C@H](C)/C=C/[C@@H]1[C@@H](C/C=C\CCCCC(=O)O)[C@@H](O)C[C@H]1O. The minimum Gasteiger partial charge on any atom is -0.481 e. The van der Waals surface area contributed by atoms with E-state index in [0.717, 1.165) is 19.3 Å². The molecule has 26 heavy (non-hydrogen) atoms. The van der Waals surface area contributed by atoms with E-state index in [4.69, 9.17) is 5.11 Å². The molecule has 1 rings (SSSR count). The van der Waals surface area contributed by atoms with E-state index < -0.39 is 18.2 Å². The highest BCUT2D eigenvalue weighted by molar-refractivity contribution is 5.66. The second-order valence-corrected chi connectivity index (χ2v) is 7.82. The molecule has 1 aliphatic carbocycles. The predicted molar refractivity (Wildman–Crippen MR) is 106 cm³/mol. The standard InChI is InChI=1S/C22H38O4/c1-3-4-8-11-17(2)14-15-19-18(20(23)16-21(19)24)12-9-6-5-7-10-13-22(25)26/h6,9,14-15,17-21,23-24H,3-5,7-8,10-13,16H2,1-2H3,(H,25,26)/b9-6-,15-14+/t17-,18+,19+,20-,21+/m0/s1. The summed E-state index contributed by atoms with van der Waals surface area (Å²) in [6.07, 6.45) is 16.4. The van der Waals surface area contributed by atoms with E-state index >= 15 is 0 Å². The Morgan fingerprint density at radius 3 is 2.58 bits per heavy atom. The lowest BCUT2D eigenvalue weighted by Crippen LogP contribution is -2.20. The largest absolute Gasteiger partial charge is 0.481 e. The molecule has 0 radical (unpaired) electrons. The van der Waals surface area contributed by atoms with Gasteiger partial charge in [0.25, 0.3) is 0 Å².